The molecule has 2 rings (SSSR count). The maximum Gasteiger partial charge on any atom is 0.411 e. The quantitative estimate of drug-likeness (QED) is 0.831. The second-order valence-electron chi connectivity index (χ2n) is 6.95. The van der Waals surface area contributed by atoms with Gasteiger partial charge in [0.25, 0.3) is 0 Å². The summed E-state index contributed by atoms with van der Waals surface area (Å²) in [4.78, 5) is 14.0. The Morgan fingerprint density at radius 1 is 1.35 bits per heavy atom. The lowest BCUT2D eigenvalue weighted by atomic mass is 10.00. The molecule has 2 fully saturated rings. The minimum Gasteiger partial charge on any atom is -0.444 e. The van der Waals surface area contributed by atoms with Crippen molar-refractivity contribution in [1.82, 2.24) is 15.5 Å². The van der Waals surface area contributed by atoms with Crippen molar-refractivity contribution in [3.63, 3.8) is 0 Å². The van der Waals surface area contributed by atoms with Gasteiger partial charge in [0.1, 0.15) is 5.60 Å². The Labute approximate surface area is 122 Å². The van der Waals surface area contributed by atoms with Crippen LogP contribution in [0, 0.1) is 5.92 Å². The topological polar surface area (TPSA) is 53.6 Å². The van der Waals surface area contributed by atoms with Crippen LogP contribution in [0.4, 0.5) is 4.79 Å². The zero-order valence-electron chi connectivity index (χ0n) is 13.1. The molecule has 0 aliphatic carbocycles. The van der Waals surface area contributed by atoms with E-state index in [1.54, 1.807) is 0 Å². The van der Waals surface area contributed by atoms with Crippen LogP contribution in [0.5, 0.6) is 0 Å². The SMILES string of the molecule is CC(C)(C)OC(=O)N1CCCC1NCC1CCCNC1. The van der Waals surface area contributed by atoms with Crippen molar-refractivity contribution >= 4 is 6.09 Å². The van der Waals surface area contributed by atoms with Crippen LogP contribution in [-0.4, -0.2) is 48.9 Å². The molecule has 0 saturated carbocycles. The molecule has 0 radical (unpaired) electrons. The number of nitrogens with zero attached hydrogens (tertiary/aromatic N) is 1. The van der Waals surface area contributed by atoms with Gasteiger partial charge in [-0.15, -0.1) is 0 Å². The summed E-state index contributed by atoms with van der Waals surface area (Å²) in [6, 6.07) is 0. The van der Waals surface area contributed by atoms with Crippen molar-refractivity contribution in [1.29, 1.82) is 0 Å². The molecule has 2 atom stereocenters. The van der Waals surface area contributed by atoms with E-state index in [-0.39, 0.29) is 12.3 Å². The van der Waals surface area contributed by atoms with E-state index in [0.29, 0.717) is 5.92 Å². The second-order valence-corrected chi connectivity index (χ2v) is 6.95. The zero-order valence-corrected chi connectivity index (χ0v) is 13.1. The molecule has 0 aromatic rings. The van der Waals surface area contributed by atoms with Gasteiger partial charge >= 0.3 is 6.09 Å². The third-order valence-electron chi connectivity index (χ3n) is 3.92. The molecule has 116 valence electrons. The van der Waals surface area contributed by atoms with E-state index in [1.165, 1.54) is 12.8 Å². The van der Waals surface area contributed by atoms with Crippen molar-refractivity contribution in [3.8, 4) is 0 Å². The number of hydrogen-bond donors (Lipinski definition) is 2. The third kappa shape index (κ3) is 4.63. The van der Waals surface area contributed by atoms with Crippen molar-refractivity contribution in [3.05, 3.63) is 0 Å². The normalized spacial score (nSPS) is 27.6. The molecular formula is C15H29N3O2. The molecule has 1 amide bonds. The standard InChI is InChI=1S/C15H29N3O2/c1-15(2,3)20-14(19)18-9-5-7-13(18)17-11-12-6-4-8-16-10-12/h12-13,16-17H,4-11H2,1-3H3. The van der Waals surface area contributed by atoms with Crippen LogP contribution in [0.1, 0.15) is 46.5 Å². The summed E-state index contributed by atoms with van der Waals surface area (Å²) in [5.41, 5.74) is -0.419. The molecule has 5 heteroatoms. The highest BCUT2D eigenvalue weighted by molar-refractivity contribution is 5.68. The number of rotatable bonds is 3. The zero-order chi connectivity index (χ0) is 14.6. The van der Waals surface area contributed by atoms with Gasteiger partial charge in [-0.25, -0.2) is 4.79 Å². The highest BCUT2D eigenvalue weighted by Gasteiger charge is 2.32. The lowest BCUT2D eigenvalue weighted by Crippen LogP contribution is -2.49. The van der Waals surface area contributed by atoms with E-state index < -0.39 is 5.60 Å². The molecular weight excluding hydrogens is 254 g/mol. The first kappa shape index (κ1) is 15.6. The minimum absolute atomic E-state index is 0.145. The van der Waals surface area contributed by atoms with E-state index >= 15 is 0 Å². The van der Waals surface area contributed by atoms with Gasteiger partial charge in [0.15, 0.2) is 0 Å². The number of amides is 1. The lowest BCUT2D eigenvalue weighted by Gasteiger charge is -2.31. The predicted molar refractivity (Wildman–Crippen MR) is 79.6 cm³/mol. The predicted octanol–water partition coefficient (Wildman–Crippen LogP) is 1.93. The van der Waals surface area contributed by atoms with E-state index in [0.717, 1.165) is 39.0 Å². The van der Waals surface area contributed by atoms with Crippen molar-refractivity contribution in [2.24, 2.45) is 5.92 Å². The van der Waals surface area contributed by atoms with E-state index in [2.05, 4.69) is 10.6 Å². The number of nitrogens with one attached hydrogen (secondary N) is 2. The molecule has 2 heterocycles. The van der Waals surface area contributed by atoms with Crippen molar-refractivity contribution < 1.29 is 9.53 Å². The maximum atomic E-state index is 12.2. The molecule has 0 bridgehead atoms. The Hall–Kier alpha value is -0.810. The Bertz CT molecular complexity index is 322. The van der Waals surface area contributed by atoms with Crippen LogP contribution in [0.15, 0.2) is 0 Å². The third-order valence-corrected chi connectivity index (χ3v) is 3.92. The average molecular weight is 283 g/mol. The summed E-state index contributed by atoms with van der Waals surface area (Å²) in [6.45, 7) is 9.76. The van der Waals surface area contributed by atoms with E-state index in [9.17, 15) is 4.79 Å². The Kier molecular flexibility index (Phi) is 5.27. The van der Waals surface area contributed by atoms with E-state index in [4.69, 9.17) is 4.74 Å². The van der Waals surface area contributed by atoms with Gasteiger partial charge < -0.3 is 10.1 Å². The van der Waals surface area contributed by atoms with Gasteiger partial charge in [0.2, 0.25) is 0 Å². The molecule has 20 heavy (non-hydrogen) atoms. The van der Waals surface area contributed by atoms with Gasteiger partial charge in [0, 0.05) is 13.1 Å². The number of ether oxygens (including phenoxy) is 1. The number of likely N-dealkylation sites (tertiary alicyclic amines) is 1. The number of hydrogen-bond acceptors (Lipinski definition) is 4. The van der Waals surface area contributed by atoms with Crippen molar-refractivity contribution in [2.75, 3.05) is 26.2 Å². The van der Waals surface area contributed by atoms with E-state index in [1.807, 2.05) is 25.7 Å². The fourth-order valence-electron chi connectivity index (χ4n) is 2.92. The molecule has 0 spiro atoms. The van der Waals surface area contributed by atoms with Crippen LogP contribution in [-0.2, 0) is 4.74 Å². The molecule has 2 N–H and O–H groups in total. The summed E-state index contributed by atoms with van der Waals surface area (Å²) in [5, 5.41) is 6.98. The molecule has 0 aromatic carbocycles. The monoisotopic (exact) mass is 283 g/mol. The molecule has 2 unspecified atom stereocenters. The first-order valence-corrected chi connectivity index (χ1v) is 7.89. The molecule has 0 aromatic heterocycles. The highest BCUT2D eigenvalue weighted by Crippen LogP contribution is 2.20. The smallest absolute Gasteiger partial charge is 0.411 e. The molecule has 2 aliphatic heterocycles. The van der Waals surface area contributed by atoms with Gasteiger partial charge in [-0.05, 0) is 65.5 Å². The second kappa shape index (κ2) is 6.76. The van der Waals surface area contributed by atoms with Crippen LogP contribution in [0.2, 0.25) is 0 Å². The first-order valence-electron chi connectivity index (χ1n) is 7.89. The fraction of sp³-hybridized carbons (Fsp3) is 0.933. The molecule has 5 nitrogen and oxygen atoms in total. The van der Waals surface area contributed by atoms with Gasteiger partial charge in [-0.2, -0.15) is 0 Å². The largest absolute Gasteiger partial charge is 0.444 e. The summed E-state index contributed by atoms with van der Waals surface area (Å²) in [6.07, 6.45) is 4.58. The molecule has 2 saturated heterocycles. The Morgan fingerprint density at radius 3 is 2.80 bits per heavy atom. The van der Waals surface area contributed by atoms with Crippen LogP contribution in [0.25, 0.3) is 0 Å². The lowest BCUT2D eigenvalue weighted by molar-refractivity contribution is 0.0196. The number of carbonyl (C=O) groups is 1. The Balaban J connectivity index is 1.79. The average Bonchev–Trinajstić information content (AvgIpc) is 2.84. The summed E-state index contributed by atoms with van der Waals surface area (Å²) >= 11 is 0. The minimum atomic E-state index is -0.419. The summed E-state index contributed by atoms with van der Waals surface area (Å²) in [5.74, 6) is 0.685. The van der Waals surface area contributed by atoms with Crippen molar-refractivity contribution in [2.45, 2.75) is 58.2 Å². The van der Waals surface area contributed by atoms with Crippen LogP contribution >= 0.6 is 0 Å². The van der Waals surface area contributed by atoms with Gasteiger partial charge in [-0.3, -0.25) is 10.2 Å². The van der Waals surface area contributed by atoms with Gasteiger partial charge in [0.05, 0.1) is 6.17 Å². The highest BCUT2D eigenvalue weighted by atomic mass is 16.6. The Morgan fingerprint density at radius 2 is 2.15 bits per heavy atom. The van der Waals surface area contributed by atoms with Gasteiger partial charge in [-0.1, -0.05) is 0 Å². The number of carbonyl (C=O) groups excluding carboxylic acids is 1. The molecule has 2 aliphatic rings. The van der Waals surface area contributed by atoms with Crippen LogP contribution < -0.4 is 10.6 Å². The first-order chi connectivity index (χ1) is 9.46. The maximum absolute atomic E-state index is 12.2. The number of piperidine rings is 1. The summed E-state index contributed by atoms with van der Waals surface area (Å²) in [7, 11) is 0. The fourth-order valence-corrected chi connectivity index (χ4v) is 2.92. The summed E-state index contributed by atoms with van der Waals surface area (Å²) < 4.78 is 5.48. The van der Waals surface area contributed by atoms with Crippen LogP contribution in [0.3, 0.4) is 0 Å².